The molecule has 0 aromatic rings. The highest BCUT2D eigenvalue weighted by atomic mass is 14.9. The fourth-order valence-electron chi connectivity index (χ4n) is 1.43. The monoisotopic (exact) mass is 186 g/mol. The lowest BCUT2D eigenvalue weighted by atomic mass is 10.1. The van der Waals surface area contributed by atoms with E-state index in [0.29, 0.717) is 6.04 Å². The van der Waals surface area contributed by atoms with Crippen molar-refractivity contribution in [1.29, 1.82) is 0 Å². The minimum atomic E-state index is 0.670. The first kappa shape index (κ1) is 12.9. The molecule has 2 nitrogen and oxygen atoms in total. The van der Waals surface area contributed by atoms with Gasteiger partial charge < -0.3 is 11.1 Å². The molecule has 80 valence electrons. The molecule has 0 aromatic heterocycles. The van der Waals surface area contributed by atoms with Gasteiger partial charge in [0.05, 0.1) is 0 Å². The molecule has 0 bridgehead atoms. The average Bonchev–Trinajstić information content (AvgIpc) is 2.13. The maximum atomic E-state index is 5.41. The Hall–Kier alpha value is -0.0800. The maximum Gasteiger partial charge on any atom is 0.00387 e. The van der Waals surface area contributed by atoms with Crippen LogP contribution in [-0.2, 0) is 0 Å². The fraction of sp³-hybridized carbons (Fsp3) is 1.00. The summed E-state index contributed by atoms with van der Waals surface area (Å²) in [5.74, 6) is 0. The summed E-state index contributed by atoms with van der Waals surface area (Å²) in [7, 11) is 0. The molecule has 0 radical (unpaired) electrons. The Morgan fingerprint density at radius 3 is 2.54 bits per heavy atom. The van der Waals surface area contributed by atoms with Gasteiger partial charge in [-0.1, -0.05) is 32.6 Å². The zero-order chi connectivity index (χ0) is 9.94. The highest BCUT2D eigenvalue weighted by Crippen LogP contribution is 2.04. The number of unbranched alkanes of at least 4 members (excludes halogenated alkanes) is 3. The Labute approximate surface area is 83.3 Å². The summed E-state index contributed by atoms with van der Waals surface area (Å²) in [4.78, 5) is 0. The molecule has 1 unspecified atom stereocenters. The number of nitrogens with two attached hydrogens (primary N) is 1. The summed E-state index contributed by atoms with van der Waals surface area (Å²) in [5, 5.41) is 3.48. The van der Waals surface area contributed by atoms with E-state index in [9.17, 15) is 0 Å². The topological polar surface area (TPSA) is 38.0 Å². The minimum absolute atomic E-state index is 0.670. The van der Waals surface area contributed by atoms with Crippen LogP contribution in [0.15, 0.2) is 0 Å². The summed E-state index contributed by atoms with van der Waals surface area (Å²) in [5.41, 5.74) is 5.41. The SMILES string of the molecule is CCCCCCC(C)NCCCN. The standard InChI is InChI=1S/C11H26N2/c1-3-4-5-6-8-11(2)13-10-7-9-12/h11,13H,3-10,12H2,1-2H3. The number of rotatable bonds is 9. The van der Waals surface area contributed by atoms with Gasteiger partial charge in [0.25, 0.3) is 0 Å². The van der Waals surface area contributed by atoms with E-state index in [1.165, 1.54) is 32.1 Å². The van der Waals surface area contributed by atoms with Gasteiger partial charge in [0.2, 0.25) is 0 Å². The first-order chi connectivity index (χ1) is 6.31. The molecule has 2 heteroatoms. The van der Waals surface area contributed by atoms with Gasteiger partial charge in [0.1, 0.15) is 0 Å². The van der Waals surface area contributed by atoms with Crippen molar-refractivity contribution in [3.05, 3.63) is 0 Å². The molecule has 0 aliphatic carbocycles. The van der Waals surface area contributed by atoms with Gasteiger partial charge in [-0.15, -0.1) is 0 Å². The normalized spacial score (nSPS) is 13.2. The van der Waals surface area contributed by atoms with Gasteiger partial charge >= 0.3 is 0 Å². The van der Waals surface area contributed by atoms with E-state index >= 15 is 0 Å². The largest absolute Gasteiger partial charge is 0.330 e. The lowest BCUT2D eigenvalue weighted by Gasteiger charge is -2.12. The zero-order valence-electron chi connectivity index (χ0n) is 9.31. The molecule has 0 rings (SSSR count). The van der Waals surface area contributed by atoms with Gasteiger partial charge in [0, 0.05) is 6.04 Å². The second kappa shape index (κ2) is 10.0. The van der Waals surface area contributed by atoms with Crippen molar-refractivity contribution in [1.82, 2.24) is 5.32 Å². The van der Waals surface area contributed by atoms with Crippen molar-refractivity contribution in [2.45, 2.75) is 58.4 Å². The van der Waals surface area contributed by atoms with Gasteiger partial charge in [-0.2, -0.15) is 0 Å². The van der Waals surface area contributed by atoms with Crippen molar-refractivity contribution in [3.8, 4) is 0 Å². The van der Waals surface area contributed by atoms with Gasteiger partial charge in [0.15, 0.2) is 0 Å². The predicted molar refractivity (Wildman–Crippen MR) is 59.9 cm³/mol. The third-order valence-electron chi connectivity index (χ3n) is 2.36. The maximum absolute atomic E-state index is 5.41. The molecule has 0 aromatic carbocycles. The molecular formula is C11H26N2. The predicted octanol–water partition coefficient (Wildman–Crippen LogP) is 2.28. The lowest BCUT2D eigenvalue weighted by molar-refractivity contribution is 0.480. The van der Waals surface area contributed by atoms with Crippen molar-refractivity contribution in [2.24, 2.45) is 5.73 Å². The number of hydrogen-bond acceptors (Lipinski definition) is 2. The first-order valence-electron chi connectivity index (χ1n) is 5.74. The van der Waals surface area contributed by atoms with Crippen molar-refractivity contribution < 1.29 is 0 Å². The van der Waals surface area contributed by atoms with E-state index in [4.69, 9.17) is 5.73 Å². The fourth-order valence-corrected chi connectivity index (χ4v) is 1.43. The Balaban J connectivity index is 3.05. The smallest absolute Gasteiger partial charge is 0.00387 e. The molecule has 13 heavy (non-hydrogen) atoms. The van der Waals surface area contributed by atoms with Crippen LogP contribution in [0.4, 0.5) is 0 Å². The summed E-state index contributed by atoms with van der Waals surface area (Å²) >= 11 is 0. The van der Waals surface area contributed by atoms with Crippen LogP contribution in [0.2, 0.25) is 0 Å². The highest BCUT2D eigenvalue weighted by molar-refractivity contribution is 4.60. The third-order valence-corrected chi connectivity index (χ3v) is 2.36. The Kier molecular flexibility index (Phi) is 9.94. The summed E-state index contributed by atoms with van der Waals surface area (Å²) in [6, 6.07) is 0.670. The van der Waals surface area contributed by atoms with E-state index in [0.717, 1.165) is 19.5 Å². The van der Waals surface area contributed by atoms with E-state index in [2.05, 4.69) is 19.2 Å². The van der Waals surface area contributed by atoms with Crippen LogP contribution in [-0.4, -0.2) is 19.1 Å². The molecule has 0 fully saturated rings. The quantitative estimate of drug-likeness (QED) is 0.542. The first-order valence-corrected chi connectivity index (χ1v) is 5.74. The van der Waals surface area contributed by atoms with Crippen LogP contribution in [0.1, 0.15) is 52.4 Å². The Bertz CT molecular complexity index is 94.1. The third kappa shape index (κ3) is 9.84. The van der Waals surface area contributed by atoms with Crippen LogP contribution in [0.5, 0.6) is 0 Å². The van der Waals surface area contributed by atoms with E-state index in [-0.39, 0.29) is 0 Å². The van der Waals surface area contributed by atoms with E-state index in [1.54, 1.807) is 0 Å². The lowest BCUT2D eigenvalue weighted by Crippen LogP contribution is -2.28. The summed E-state index contributed by atoms with van der Waals surface area (Å²) < 4.78 is 0. The van der Waals surface area contributed by atoms with Gasteiger partial charge in [-0.3, -0.25) is 0 Å². The summed E-state index contributed by atoms with van der Waals surface area (Å²) in [6.07, 6.45) is 7.87. The van der Waals surface area contributed by atoms with E-state index in [1.807, 2.05) is 0 Å². The summed E-state index contributed by atoms with van der Waals surface area (Å²) in [6.45, 7) is 6.40. The molecule has 1 atom stereocenters. The van der Waals surface area contributed by atoms with Crippen LogP contribution < -0.4 is 11.1 Å². The van der Waals surface area contributed by atoms with Crippen LogP contribution in [0.25, 0.3) is 0 Å². The van der Waals surface area contributed by atoms with Crippen molar-refractivity contribution >= 4 is 0 Å². The van der Waals surface area contributed by atoms with Crippen LogP contribution in [0.3, 0.4) is 0 Å². The average molecular weight is 186 g/mol. The van der Waals surface area contributed by atoms with E-state index < -0.39 is 0 Å². The van der Waals surface area contributed by atoms with Gasteiger partial charge in [-0.25, -0.2) is 0 Å². The second-order valence-corrected chi connectivity index (χ2v) is 3.85. The minimum Gasteiger partial charge on any atom is -0.330 e. The molecule has 3 N–H and O–H groups in total. The molecule has 0 aliphatic heterocycles. The molecule has 0 saturated heterocycles. The number of nitrogens with one attached hydrogen (secondary N) is 1. The molecule has 0 spiro atoms. The van der Waals surface area contributed by atoms with Crippen molar-refractivity contribution in [3.63, 3.8) is 0 Å². The van der Waals surface area contributed by atoms with Crippen LogP contribution >= 0.6 is 0 Å². The van der Waals surface area contributed by atoms with Crippen molar-refractivity contribution in [2.75, 3.05) is 13.1 Å². The molecular weight excluding hydrogens is 160 g/mol. The molecule has 0 saturated carbocycles. The van der Waals surface area contributed by atoms with Gasteiger partial charge in [-0.05, 0) is 32.9 Å². The Morgan fingerprint density at radius 2 is 1.92 bits per heavy atom. The molecule has 0 heterocycles. The molecule has 0 aliphatic rings. The second-order valence-electron chi connectivity index (χ2n) is 3.85. The van der Waals surface area contributed by atoms with Crippen LogP contribution in [0, 0.1) is 0 Å². The highest BCUT2D eigenvalue weighted by Gasteiger charge is 1.99. The number of hydrogen-bond donors (Lipinski definition) is 2. The Morgan fingerprint density at radius 1 is 1.15 bits per heavy atom. The zero-order valence-corrected chi connectivity index (χ0v) is 9.31. The molecule has 0 amide bonds.